The Labute approximate surface area is 90.6 Å². The Bertz CT molecular complexity index is 324. The molecular formula is C11H18N2O2. The van der Waals surface area contributed by atoms with Gasteiger partial charge in [0.15, 0.2) is 0 Å². The molecule has 84 valence electrons. The van der Waals surface area contributed by atoms with Crippen LogP contribution in [0.25, 0.3) is 0 Å². The molecule has 1 heterocycles. The number of carbonyl (C=O) groups excluding carboxylic acids is 1. The largest absolute Gasteiger partial charge is 0.443 e. The third-order valence-electron chi connectivity index (χ3n) is 1.97. The summed E-state index contributed by atoms with van der Waals surface area (Å²) in [7, 11) is 0. The second kappa shape index (κ2) is 4.04. The predicted octanol–water partition coefficient (Wildman–Crippen LogP) is 2.56. The van der Waals surface area contributed by atoms with E-state index in [-0.39, 0.29) is 6.09 Å². The van der Waals surface area contributed by atoms with Crippen LogP contribution in [0.15, 0.2) is 16.4 Å². The minimum atomic E-state index is -0.458. The van der Waals surface area contributed by atoms with Gasteiger partial charge in [0.05, 0.1) is 17.6 Å². The van der Waals surface area contributed by atoms with Gasteiger partial charge in [-0.25, -0.2) is 4.79 Å². The lowest BCUT2D eigenvalue weighted by molar-refractivity contribution is 0.0329. The van der Waals surface area contributed by atoms with E-state index in [0.29, 0.717) is 6.54 Å². The van der Waals surface area contributed by atoms with Gasteiger partial charge in [-0.1, -0.05) is 0 Å². The molecule has 0 N–H and O–H groups in total. The molecule has 0 saturated heterocycles. The molecule has 0 aromatic carbocycles. The minimum Gasteiger partial charge on any atom is -0.443 e. The van der Waals surface area contributed by atoms with E-state index in [1.165, 1.54) is 0 Å². The number of carbonyl (C=O) groups is 1. The predicted molar refractivity (Wildman–Crippen MR) is 59.8 cm³/mol. The van der Waals surface area contributed by atoms with Gasteiger partial charge in [0.1, 0.15) is 5.60 Å². The molecule has 4 nitrogen and oxygen atoms in total. The van der Waals surface area contributed by atoms with Gasteiger partial charge in [-0.15, -0.1) is 0 Å². The Morgan fingerprint density at radius 1 is 1.53 bits per heavy atom. The third kappa shape index (κ3) is 2.81. The lowest BCUT2D eigenvalue weighted by Crippen LogP contribution is -2.38. The molecule has 0 saturated carbocycles. The SMILES string of the molecule is CCN(C(=O)OC(C)(C)C)C1=C(C)N=C1. The summed E-state index contributed by atoms with van der Waals surface area (Å²) in [6, 6.07) is 0. The molecular weight excluding hydrogens is 192 g/mol. The third-order valence-corrected chi connectivity index (χ3v) is 1.97. The van der Waals surface area contributed by atoms with Gasteiger partial charge >= 0.3 is 6.09 Å². The second-order valence-corrected chi connectivity index (χ2v) is 4.45. The van der Waals surface area contributed by atoms with Crippen molar-refractivity contribution >= 4 is 12.3 Å². The summed E-state index contributed by atoms with van der Waals surface area (Å²) in [5.41, 5.74) is 1.27. The molecule has 1 amide bonds. The highest BCUT2D eigenvalue weighted by molar-refractivity contribution is 5.90. The second-order valence-electron chi connectivity index (χ2n) is 4.45. The molecule has 1 aliphatic heterocycles. The van der Waals surface area contributed by atoms with E-state index in [1.807, 2.05) is 34.6 Å². The summed E-state index contributed by atoms with van der Waals surface area (Å²) < 4.78 is 5.29. The van der Waals surface area contributed by atoms with Crippen molar-refractivity contribution in [2.45, 2.75) is 40.2 Å². The number of hydrogen-bond acceptors (Lipinski definition) is 3. The number of allylic oxidation sites excluding steroid dienone is 2. The molecule has 0 unspecified atom stereocenters. The van der Waals surface area contributed by atoms with Crippen molar-refractivity contribution in [1.82, 2.24) is 4.90 Å². The Kier molecular flexibility index (Phi) is 3.17. The molecule has 0 aromatic heterocycles. The Hall–Kier alpha value is -1.32. The molecule has 0 bridgehead atoms. The topological polar surface area (TPSA) is 41.9 Å². The smallest absolute Gasteiger partial charge is 0.414 e. The van der Waals surface area contributed by atoms with Crippen LogP contribution in [0, 0.1) is 0 Å². The zero-order chi connectivity index (χ0) is 11.6. The van der Waals surface area contributed by atoms with Crippen LogP contribution in [0.3, 0.4) is 0 Å². The summed E-state index contributed by atoms with van der Waals surface area (Å²) in [5, 5.41) is 0. The van der Waals surface area contributed by atoms with E-state index in [1.54, 1.807) is 11.1 Å². The van der Waals surface area contributed by atoms with Crippen LogP contribution in [-0.4, -0.2) is 29.4 Å². The highest BCUT2D eigenvalue weighted by atomic mass is 16.6. The maximum atomic E-state index is 11.8. The molecule has 0 radical (unpaired) electrons. The number of rotatable bonds is 2. The average Bonchev–Trinajstić information content (AvgIpc) is 2.08. The normalized spacial score (nSPS) is 15.0. The van der Waals surface area contributed by atoms with Crippen LogP contribution in [0.1, 0.15) is 34.6 Å². The lowest BCUT2D eigenvalue weighted by atomic mass is 10.2. The molecule has 15 heavy (non-hydrogen) atoms. The maximum absolute atomic E-state index is 11.8. The fourth-order valence-corrected chi connectivity index (χ4v) is 1.23. The summed E-state index contributed by atoms with van der Waals surface area (Å²) in [6.45, 7) is 9.95. The van der Waals surface area contributed by atoms with E-state index in [2.05, 4.69) is 4.99 Å². The zero-order valence-corrected chi connectivity index (χ0v) is 10.00. The van der Waals surface area contributed by atoms with E-state index >= 15 is 0 Å². The number of ether oxygens (including phenoxy) is 1. The van der Waals surface area contributed by atoms with Crippen molar-refractivity contribution in [2.75, 3.05) is 6.54 Å². The first kappa shape index (κ1) is 11.8. The highest BCUT2D eigenvalue weighted by Gasteiger charge is 2.25. The van der Waals surface area contributed by atoms with Crippen LogP contribution in [-0.2, 0) is 4.74 Å². The van der Waals surface area contributed by atoms with E-state index in [9.17, 15) is 4.79 Å². The fraction of sp³-hybridized carbons (Fsp3) is 0.636. The van der Waals surface area contributed by atoms with Crippen molar-refractivity contribution in [1.29, 1.82) is 0 Å². The van der Waals surface area contributed by atoms with Crippen molar-refractivity contribution in [3.63, 3.8) is 0 Å². The Balaban J connectivity index is 2.68. The maximum Gasteiger partial charge on any atom is 0.414 e. The summed E-state index contributed by atoms with van der Waals surface area (Å²) in [6.07, 6.45) is 1.37. The van der Waals surface area contributed by atoms with Gasteiger partial charge in [0.2, 0.25) is 0 Å². The summed E-state index contributed by atoms with van der Waals surface area (Å²) in [4.78, 5) is 17.4. The molecule has 1 rings (SSSR count). The summed E-state index contributed by atoms with van der Waals surface area (Å²) >= 11 is 0. The molecule has 0 atom stereocenters. The average molecular weight is 210 g/mol. The summed E-state index contributed by atoms with van der Waals surface area (Å²) in [5.74, 6) is 0. The van der Waals surface area contributed by atoms with Crippen molar-refractivity contribution < 1.29 is 9.53 Å². The van der Waals surface area contributed by atoms with Gasteiger partial charge < -0.3 is 4.74 Å². The number of aliphatic imine (C=N–C) groups is 1. The van der Waals surface area contributed by atoms with Gasteiger partial charge in [0, 0.05) is 6.54 Å². The lowest BCUT2D eigenvalue weighted by Gasteiger charge is -2.29. The monoisotopic (exact) mass is 210 g/mol. The first-order chi connectivity index (χ1) is 6.85. The van der Waals surface area contributed by atoms with Gasteiger partial charge in [0.25, 0.3) is 0 Å². The van der Waals surface area contributed by atoms with Crippen LogP contribution >= 0.6 is 0 Å². The molecule has 0 spiro atoms. The molecule has 1 aliphatic rings. The molecule has 0 aromatic rings. The van der Waals surface area contributed by atoms with Crippen LogP contribution < -0.4 is 0 Å². The van der Waals surface area contributed by atoms with E-state index < -0.39 is 5.60 Å². The van der Waals surface area contributed by atoms with E-state index in [4.69, 9.17) is 4.74 Å². The van der Waals surface area contributed by atoms with Crippen LogP contribution in [0.4, 0.5) is 4.79 Å². The van der Waals surface area contributed by atoms with Crippen LogP contribution in [0.2, 0.25) is 0 Å². The highest BCUT2D eigenvalue weighted by Crippen LogP contribution is 2.20. The van der Waals surface area contributed by atoms with Gasteiger partial charge in [-0.05, 0) is 34.6 Å². The Morgan fingerprint density at radius 3 is 2.40 bits per heavy atom. The number of nitrogens with zero attached hydrogens (tertiary/aromatic N) is 2. The van der Waals surface area contributed by atoms with Crippen molar-refractivity contribution in [2.24, 2.45) is 4.99 Å². The number of amides is 1. The standard InChI is InChI=1S/C11H18N2O2/c1-6-13(9-7-12-8(9)2)10(14)15-11(3,4)5/h7H,6H2,1-5H3. The minimum absolute atomic E-state index is 0.314. The van der Waals surface area contributed by atoms with Gasteiger partial charge in [-0.3, -0.25) is 9.89 Å². The molecule has 0 aliphatic carbocycles. The van der Waals surface area contributed by atoms with Crippen LogP contribution in [0.5, 0.6) is 0 Å². The molecule has 0 fully saturated rings. The van der Waals surface area contributed by atoms with Crippen molar-refractivity contribution in [3.8, 4) is 0 Å². The first-order valence-corrected chi connectivity index (χ1v) is 5.10. The quantitative estimate of drug-likeness (QED) is 0.703. The first-order valence-electron chi connectivity index (χ1n) is 5.10. The fourth-order valence-electron chi connectivity index (χ4n) is 1.23. The van der Waals surface area contributed by atoms with Crippen molar-refractivity contribution in [3.05, 3.63) is 11.4 Å². The van der Waals surface area contributed by atoms with Gasteiger partial charge in [-0.2, -0.15) is 0 Å². The zero-order valence-electron chi connectivity index (χ0n) is 10.00. The Morgan fingerprint density at radius 2 is 2.13 bits per heavy atom. The number of hydrogen-bond donors (Lipinski definition) is 0. The van der Waals surface area contributed by atoms with E-state index in [0.717, 1.165) is 11.4 Å². The molecule has 4 heteroatoms.